The summed E-state index contributed by atoms with van der Waals surface area (Å²) in [6.45, 7) is 0.443. The van der Waals surface area contributed by atoms with Gasteiger partial charge in [0.15, 0.2) is 0 Å². The minimum Gasteiger partial charge on any atom is -0.447 e. The fourth-order valence-corrected chi connectivity index (χ4v) is 2.34. The number of benzene rings is 1. The van der Waals surface area contributed by atoms with Gasteiger partial charge in [-0.1, -0.05) is 42.5 Å². The second-order valence-electron chi connectivity index (χ2n) is 3.78. The number of amides is 1. The molecule has 2 rings (SSSR count). The van der Waals surface area contributed by atoms with Gasteiger partial charge in [0.1, 0.15) is 6.61 Å². The van der Waals surface area contributed by atoms with Crippen LogP contribution in [0.4, 0.5) is 4.79 Å². The number of hydrogen-bond acceptors (Lipinski definition) is 3. The van der Waals surface area contributed by atoms with Gasteiger partial charge in [0, 0.05) is 11.5 Å². The van der Waals surface area contributed by atoms with E-state index in [2.05, 4.69) is 35.7 Å². The Hall–Kier alpha value is -1.42. The van der Waals surface area contributed by atoms with E-state index in [1.165, 1.54) is 5.56 Å². The van der Waals surface area contributed by atoms with Crippen molar-refractivity contribution >= 4 is 17.9 Å². The van der Waals surface area contributed by atoms with Crippen LogP contribution in [0.5, 0.6) is 0 Å². The molecule has 1 saturated heterocycles. The van der Waals surface area contributed by atoms with Gasteiger partial charge in [-0.25, -0.2) is 4.79 Å². The Balaban J connectivity index is 1.63. The number of ether oxygens (including phenoxy) is 1. The first kappa shape index (κ1) is 12.0. The van der Waals surface area contributed by atoms with Crippen LogP contribution in [0.25, 0.3) is 0 Å². The maximum absolute atomic E-state index is 10.8. The van der Waals surface area contributed by atoms with Crippen LogP contribution < -0.4 is 5.32 Å². The first-order valence-electron chi connectivity index (χ1n) is 5.56. The van der Waals surface area contributed by atoms with Crippen LogP contribution in [-0.4, -0.2) is 24.5 Å². The molecule has 0 saturated carbocycles. The average molecular weight is 249 g/mol. The molecule has 1 aliphatic heterocycles. The molecule has 90 valence electrons. The number of hydrogen-bond donors (Lipinski definition) is 1. The van der Waals surface area contributed by atoms with E-state index in [1.54, 1.807) is 0 Å². The fraction of sp³-hybridized carbons (Fsp3) is 0.308. The Labute approximate surface area is 105 Å². The SMILES string of the molecule is O=C1N[C@H](/C=C/CSCc2ccccc2)CO1. The molecule has 0 aromatic heterocycles. The van der Waals surface area contributed by atoms with Crippen LogP contribution in [0.3, 0.4) is 0 Å². The van der Waals surface area contributed by atoms with Crippen LogP contribution >= 0.6 is 11.8 Å². The van der Waals surface area contributed by atoms with Gasteiger partial charge in [0.2, 0.25) is 0 Å². The van der Waals surface area contributed by atoms with Gasteiger partial charge in [-0.15, -0.1) is 0 Å². The summed E-state index contributed by atoms with van der Waals surface area (Å²) in [6, 6.07) is 10.4. The first-order valence-corrected chi connectivity index (χ1v) is 6.72. The third kappa shape index (κ3) is 4.15. The quantitative estimate of drug-likeness (QED) is 0.644. The molecule has 1 fully saturated rings. The zero-order valence-corrected chi connectivity index (χ0v) is 10.3. The average Bonchev–Trinajstić information content (AvgIpc) is 2.76. The first-order chi connectivity index (χ1) is 8.34. The molecule has 17 heavy (non-hydrogen) atoms. The monoisotopic (exact) mass is 249 g/mol. The van der Waals surface area contributed by atoms with Gasteiger partial charge >= 0.3 is 6.09 Å². The summed E-state index contributed by atoms with van der Waals surface area (Å²) < 4.78 is 4.78. The summed E-state index contributed by atoms with van der Waals surface area (Å²) in [7, 11) is 0. The van der Waals surface area contributed by atoms with Crippen molar-refractivity contribution in [3.63, 3.8) is 0 Å². The largest absolute Gasteiger partial charge is 0.447 e. The number of carbonyl (C=O) groups is 1. The minimum atomic E-state index is -0.323. The lowest BCUT2D eigenvalue weighted by atomic mass is 10.2. The highest BCUT2D eigenvalue weighted by molar-refractivity contribution is 7.98. The van der Waals surface area contributed by atoms with Crippen molar-refractivity contribution in [2.45, 2.75) is 11.8 Å². The molecule has 1 amide bonds. The Morgan fingerprint density at radius 2 is 2.24 bits per heavy atom. The molecule has 0 bridgehead atoms. The number of thioether (sulfide) groups is 1. The predicted octanol–water partition coefficient (Wildman–Crippen LogP) is 2.58. The molecule has 1 aromatic carbocycles. The molecule has 1 aromatic rings. The number of nitrogens with one attached hydrogen (secondary N) is 1. The van der Waals surface area contributed by atoms with Crippen molar-refractivity contribution in [1.82, 2.24) is 5.32 Å². The second-order valence-corrected chi connectivity index (χ2v) is 4.81. The lowest BCUT2D eigenvalue weighted by molar-refractivity contribution is 0.177. The van der Waals surface area contributed by atoms with Crippen molar-refractivity contribution in [2.24, 2.45) is 0 Å². The van der Waals surface area contributed by atoms with Gasteiger partial charge in [-0.3, -0.25) is 0 Å². The van der Waals surface area contributed by atoms with Crippen molar-refractivity contribution in [3.8, 4) is 0 Å². The van der Waals surface area contributed by atoms with Crippen molar-refractivity contribution in [2.75, 3.05) is 12.4 Å². The smallest absolute Gasteiger partial charge is 0.407 e. The Bertz CT molecular complexity index is 392. The molecule has 0 radical (unpaired) electrons. The summed E-state index contributed by atoms with van der Waals surface area (Å²) in [6.07, 6.45) is 3.74. The van der Waals surface area contributed by atoms with Crippen LogP contribution in [0.2, 0.25) is 0 Å². The Morgan fingerprint density at radius 3 is 2.94 bits per heavy atom. The van der Waals surface area contributed by atoms with E-state index in [4.69, 9.17) is 4.74 Å². The summed E-state index contributed by atoms with van der Waals surface area (Å²) >= 11 is 1.85. The molecule has 1 aliphatic rings. The maximum Gasteiger partial charge on any atom is 0.407 e. The topological polar surface area (TPSA) is 38.3 Å². The number of carbonyl (C=O) groups excluding carboxylic acids is 1. The normalized spacial score (nSPS) is 19.3. The van der Waals surface area contributed by atoms with Crippen molar-refractivity contribution in [1.29, 1.82) is 0 Å². The number of rotatable bonds is 5. The molecule has 4 heteroatoms. The third-order valence-electron chi connectivity index (χ3n) is 2.39. The van der Waals surface area contributed by atoms with Crippen molar-refractivity contribution < 1.29 is 9.53 Å². The zero-order valence-electron chi connectivity index (χ0n) is 9.46. The predicted molar refractivity (Wildman–Crippen MR) is 70.0 cm³/mol. The van der Waals surface area contributed by atoms with Crippen LogP contribution in [0.1, 0.15) is 5.56 Å². The molecule has 0 aliphatic carbocycles. The van der Waals surface area contributed by atoms with Crippen LogP contribution in [-0.2, 0) is 10.5 Å². The molecule has 3 nitrogen and oxygen atoms in total. The summed E-state index contributed by atoms with van der Waals surface area (Å²) in [5, 5.41) is 2.71. The molecule has 0 spiro atoms. The highest BCUT2D eigenvalue weighted by atomic mass is 32.2. The fourth-order valence-electron chi connectivity index (χ4n) is 1.54. The van der Waals surface area contributed by atoms with E-state index < -0.39 is 0 Å². The molecule has 0 unspecified atom stereocenters. The highest BCUT2D eigenvalue weighted by Crippen LogP contribution is 2.11. The Morgan fingerprint density at radius 1 is 1.41 bits per heavy atom. The zero-order chi connectivity index (χ0) is 11.9. The van der Waals surface area contributed by atoms with E-state index in [9.17, 15) is 4.79 Å². The van der Waals surface area contributed by atoms with Gasteiger partial charge in [-0.2, -0.15) is 11.8 Å². The summed E-state index contributed by atoms with van der Waals surface area (Å²) in [4.78, 5) is 10.8. The summed E-state index contributed by atoms with van der Waals surface area (Å²) in [5.41, 5.74) is 1.34. The van der Waals surface area contributed by atoms with Crippen LogP contribution in [0, 0.1) is 0 Å². The standard InChI is InChI=1S/C13H15NO2S/c15-13-14-12(9-16-13)7-4-8-17-10-11-5-2-1-3-6-11/h1-7,12H,8-10H2,(H,14,15)/b7-4+/t12-/m1/s1. The van der Waals surface area contributed by atoms with Gasteiger partial charge < -0.3 is 10.1 Å². The van der Waals surface area contributed by atoms with E-state index >= 15 is 0 Å². The number of cyclic esters (lactones) is 1. The van der Waals surface area contributed by atoms with Gasteiger partial charge in [-0.05, 0) is 5.56 Å². The number of alkyl carbamates (subject to hydrolysis) is 1. The Kier molecular flexibility index (Phi) is 4.50. The second kappa shape index (κ2) is 6.35. The molecular weight excluding hydrogens is 234 g/mol. The highest BCUT2D eigenvalue weighted by Gasteiger charge is 2.18. The van der Waals surface area contributed by atoms with Crippen LogP contribution in [0.15, 0.2) is 42.5 Å². The van der Waals surface area contributed by atoms with Gasteiger partial charge in [0.25, 0.3) is 0 Å². The third-order valence-corrected chi connectivity index (χ3v) is 3.36. The molecule has 1 atom stereocenters. The van der Waals surface area contributed by atoms with E-state index in [-0.39, 0.29) is 12.1 Å². The molecule has 1 N–H and O–H groups in total. The molecule has 1 heterocycles. The van der Waals surface area contributed by atoms with E-state index in [0.29, 0.717) is 6.61 Å². The summed E-state index contributed by atoms with van der Waals surface area (Å²) in [5.74, 6) is 1.96. The van der Waals surface area contributed by atoms with Gasteiger partial charge in [0.05, 0.1) is 6.04 Å². The minimum absolute atomic E-state index is 0.0415. The maximum atomic E-state index is 10.8. The lowest BCUT2D eigenvalue weighted by Gasteiger charge is -2.00. The van der Waals surface area contributed by atoms with E-state index in [1.807, 2.05) is 23.9 Å². The lowest BCUT2D eigenvalue weighted by Crippen LogP contribution is -2.23. The van der Waals surface area contributed by atoms with E-state index in [0.717, 1.165) is 11.5 Å². The molecular formula is C13H15NO2S. The van der Waals surface area contributed by atoms with Crippen molar-refractivity contribution in [3.05, 3.63) is 48.0 Å².